The van der Waals surface area contributed by atoms with E-state index in [1.54, 1.807) is 10.7 Å². The Labute approximate surface area is 126 Å². The molecule has 0 aliphatic carbocycles. The fourth-order valence-corrected chi connectivity index (χ4v) is 2.68. The van der Waals surface area contributed by atoms with Gasteiger partial charge in [-0.15, -0.1) is 0 Å². The Morgan fingerprint density at radius 2 is 1.95 bits per heavy atom. The number of halogens is 1. The van der Waals surface area contributed by atoms with Gasteiger partial charge in [0.05, 0.1) is 11.7 Å². The van der Waals surface area contributed by atoms with Gasteiger partial charge in [0, 0.05) is 34.6 Å². The molecule has 4 nitrogen and oxygen atoms in total. The van der Waals surface area contributed by atoms with Crippen molar-refractivity contribution in [2.75, 3.05) is 0 Å². The molecule has 0 fully saturated rings. The second-order valence-corrected chi connectivity index (χ2v) is 5.41. The predicted octanol–water partition coefficient (Wildman–Crippen LogP) is 3.91. The van der Waals surface area contributed by atoms with E-state index >= 15 is 0 Å². The predicted molar refractivity (Wildman–Crippen MR) is 83.5 cm³/mol. The largest absolute Gasteiger partial charge is 0.256 e. The van der Waals surface area contributed by atoms with Crippen molar-refractivity contribution in [3.8, 4) is 11.1 Å². The number of hydrogen-bond donors (Lipinski definition) is 0. The maximum absolute atomic E-state index is 6.13. The van der Waals surface area contributed by atoms with Crippen LogP contribution >= 0.6 is 11.6 Å². The Balaban J connectivity index is 2.06. The van der Waals surface area contributed by atoms with Crippen LogP contribution in [0.25, 0.3) is 27.7 Å². The summed E-state index contributed by atoms with van der Waals surface area (Å²) in [5, 5.41) is 6.08. The van der Waals surface area contributed by atoms with Crippen molar-refractivity contribution in [2.45, 2.75) is 6.92 Å². The van der Waals surface area contributed by atoms with E-state index in [0.29, 0.717) is 5.02 Å². The Morgan fingerprint density at radius 3 is 2.86 bits per heavy atom. The van der Waals surface area contributed by atoms with Crippen molar-refractivity contribution in [2.24, 2.45) is 0 Å². The van der Waals surface area contributed by atoms with Crippen LogP contribution in [0.4, 0.5) is 0 Å². The molecule has 0 amide bonds. The third-order valence-electron chi connectivity index (χ3n) is 3.48. The van der Waals surface area contributed by atoms with Gasteiger partial charge in [0.2, 0.25) is 0 Å². The number of benzene rings is 1. The molecule has 1 aromatic carbocycles. The lowest BCUT2D eigenvalue weighted by Crippen LogP contribution is -1.91. The monoisotopic (exact) mass is 294 g/mol. The highest BCUT2D eigenvalue weighted by atomic mass is 35.5. The Kier molecular flexibility index (Phi) is 2.65. The van der Waals surface area contributed by atoms with Gasteiger partial charge in [-0.25, -0.2) is 9.50 Å². The second kappa shape index (κ2) is 4.53. The van der Waals surface area contributed by atoms with Gasteiger partial charge in [-0.05, 0) is 42.3 Å². The Hall–Kier alpha value is -2.46. The fourth-order valence-electron chi connectivity index (χ4n) is 2.51. The van der Waals surface area contributed by atoms with Gasteiger partial charge in [-0.1, -0.05) is 11.6 Å². The van der Waals surface area contributed by atoms with E-state index in [-0.39, 0.29) is 0 Å². The molecule has 4 aromatic rings. The number of nitrogens with zero attached hydrogens (tertiary/aromatic N) is 4. The van der Waals surface area contributed by atoms with Gasteiger partial charge in [0.1, 0.15) is 0 Å². The van der Waals surface area contributed by atoms with Crippen molar-refractivity contribution >= 4 is 28.2 Å². The number of hydrogen-bond acceptors (Lipinski definition) is 3. The van der Waals surface area contributed by atoms with E-state index in [1.165, 1.54) is 0 Å². The molecule has 5 heteroatoms. The number of rotatable bonds is 1. The SMILES string of the molecule is Cc1cnc2c(-c3ccnc4ccc(Cl)cc34)cnn2c1. The average molecular weight is 295 g/mol. The van der Waals surface area contributed by atoms with Crippen LogP contribution in [0.1, 0.15) is 5.56 Å². The zero-order valence-electron chi connectivity index (χ0n) is 11.3. The highest BCUT2D eigenvalue weighted by Gasteiger charge is 2.11. The standard InChI is InChI=1S/C16H11ClN4/c1-10-7-19-16-14(8-20-21(16)9-10)12-4-5-18-15-3-2-11(17)6-13(12)15/h2-9H,1H3. The average Bonchev–Trinajstić information content (AvgIpc) is 2.89. The molecule has 0 aliphatic rings. The normalized spacial score (nSPS) is 11.3. The van der Waals surface area contributed by atoms with Crippen molar-refractivity contribution in [3.63, 3.8) is 0 Å². The summed E-state index contributed by atoms with van der Waals surface area (Å²) >= 11 is 6.13. The van der Waals surface area contributed by atoms with Gasteiger partial charge in [0.15, 0.2) is 5.65 Å². The Bertz CT molecular complexity index is 975. The highest BCUT2D eigenvalue weighted by Crippen LogP contribution is 2.31. The smallest absolute Gasteiger partial charge is 0.162 e. The van der Waals surface area contributed by atoms with Crippen LogP contribution < -0.4 is 0 Å². The van der Waals surface area contributed by atoms with Gasteiger partial charge in [-0.2, -0.15) is 5.10 Å². The zero-order chi connectivity index (χ0) is 14.4. The topological polar surface area (TPSA) is 43.1 Å². The number of aryl methyl sites for hydroxylation is 1. The number of pyridine rings is 1. The molecule has 3 heterocycles. The summed E-state index contributed by atoms with van der Waals surface area (Å²) in [5.74, 6) is 0. The maximum atomic E-state index is 6.13. The molecule has 0 saturated heterocycles. The zero-order valence-corrected chi connectivity index (χ0v) is 12.0. The third kappa shape index (κ3) is 1.96. The third-order valence-corrected chi connectivity index (χ3v) is 3.71. The molecular formula is C16H11ClN4. The van der Waals surface area contributed by atoms with E-state index in [4.69, 9.17) is 11.6 Å². The lowest BCUT2D eigenvalue weighted by atomic mass is 10.0. The van der Waals surface area contributed by atoms with Crippen LogP contribution in [0.15, 0.2) is 49.1 Å². The summed E-state index contributed by atoms with van der Waals surface area (Å²) in [6.45, 7) is 2.00. The van der Waals surface area contributed by atoms with E-state index in [2.05, 4.69) is 15.1 Å². The summed E-state index contributed by atoms with van der Waals surface area (Å²) in [4.78, 5) is 8.87. The first-order valence-corrected chi connectivity index (χ1v) is 6.95. The van der Waals surface area contributed by atoms with E-state index in [9.17, 15) is 0 Å². The minimum Gasteiger partial charge on any atom is -0.256 e. The molecule has 0 bridgehead atoms. The molecule has 0 saturated carbocycles. The highest BCUT2D eigenvalue weighted by molar-refractivity contribution is 6.31. The minimum atomic E-state index is 0.692. The molecule has 0 unspecified atom stereocenters. The van der Waals surface area contributed by atoms with E-state index in [1.807, 2.05) is 49.8 Å². The summed E-state index contributed by atoms with van der Waals surface area (Å²) in [5.41, 5.74) is 4.81. The number of fused-ring (bicyclic) bond motifs is 2. The second-order valence-electron chi connectivity index (χ2n) is 4.98. The molecule has 0 spiro atoms. The van der Waals surface area contributed by atoms with Crippen LogP contribution in [0, 0.1) is 6.92 Å². The summed E-state index contributed by atoms with van der Waals surface area (Å²) < 4.78 is 1.79. The van der Waals surface area contributed by atoms with Crippen molar-refractivity contribution in [3.05, 3.63) is 59.6 Å². The molecule has 0 atom stereocenters. The minimum absolute atomic E-state index is 0.692. The van der Waals surface area contributed by atoms with Crippen molar-refractivity contribution in [1.29, 1.82) is 0 Å². The first-order valence-electron chi connectivity index (χ1n) is 6.57. The quantitative estimate of drug-likeness (QED) is 0.534. The van der Waals surface area contributed by atoms with Crippen molar-refractivity contribution in [1.82, 2.24) is 19.6 Å². The van der Waals surface area contributed by atoms with Crippen LogP contribution in [-0.4, -0.2) is 19.6 Å². The van der Waals surface area contributed by atoms with E-state index in [0.717, 1.165) is 33.2 Å². The van der Waals surface area contributed by atoms with Crippen molar-refractivity contribution < 1.29 is 0 Å². The van der Waals surface area contributed by atoms with Gasteiger partial charge in [0.25, 0.3) is 0 Å². The molecule has 3 aromatic heterocycles. The van der Waals surface area contributed by atoms with Crippen LogP contribution in [-0.2, 0) is 0 Å². The maximum Gasteiger partial charge on any atom is 0.162 e. The molecule has 21 heavy (non-hydrogen) atoms. The first-order chi connectivity index (χ1) is 10.2. The molecule has 0 aliphatic heterocycles. The molecule has 0 N–H and O–H groups in total. The molecular weight excluding hydrogens is 284 g/mol. The van der Waals surface area contributed by atoms with Gasteiger partial charge >= 0.3 is 0 Å². The Morgan fingerprint density at radius 1 is 1.05 bits per heavy atom. The van der Waals surface area contributed by atoms with Crippen LogP contribution in [0.3, 0.4) is 0 Å². The number of aromatic nitrogens is 4. The summed E-state index contributed by atoms with van der Waals surface area (Å²) in [6.07, 6.45) is 7.43. The van der Waals surface area contributed by atoms with Gasteiger partial charge < -0.3 is 0 Å². The molecule has 102 valence electrons. The first kappa shape index (κ1) is 12.3. The summed E-state index contributed by atoms with van der Waals surface area (Å²) in [6, 6.07) is 7.66. The molecule has 0 radical (unpaired) electrons. The summed E-state index contributed by atoms with van der Waals surface area (Å²) in [7, 11) is 0. The lowest BCUT2D eigenvalue weighted by molar-refractivity contribution is 0.928. The van der Waals surface area contributed by atoms with Gasteiger partial charge in [-0.3, -0.25) is 4.98 Å². The fraction of sp³-hybridized carbons (Fsp3) is 0.0625. The van der Waals surface area contributed by atoms with E-state index < -0.39 is 0 Å². The van der Waals surface area contributed by atoms with Crippen LogP contribution in [0.2, 0.25) is 5.02 Å². The lowest BCUT2D eigenvalue weighted by Gasteiger charge is -2.05. The molecule has 4 rings (SSSR count). The van der Waals surface area contributed by atoms with Crippen LogP contribution in [0.5, 0.6) is 0 Å².